The minimum absolute atomic E-state index is 0.171. The number of likely N-dealkylation sites (tertiary alicyclic amines) is 1. The maximum Gasteiger partial charge on any atom is 0.452 e. The molecule has 1 saturated heterocycles. The van der Waals surface area contributed by atoms with E-state index in [0.29, 0.717) is 17.7 Å². The molecule has 2 N–H and O–H groups in total. The van der Waals surface area contributed by atoms with Gasteiger partial charge in [0, 0.05) is 13.0 Å². The molecule has 2 aromatic carbocycles. The third kappa shape index (κ3) is 6.63. The molecule has 0 spiro atoms. The number of halogens is 3. The molecule has 1 aliphatic heterocycles. The molecule has 0 saturated carbocycles. The quantitative estimate of drug-likeness (QED) is 0.390. The van der Waals surface area contributed by atoms with Crippen molar-refractivity contribution in [3.05, 3.63) is 65.0 Å². The van der Waals surface area contributed by atoms with Crippen molar-refractivity contribution in [1.82, 2.24) is 20.7 Å². The van der Waals surface area contributed by atoms with E-state index in [-0.39, 0.29) is 36.6 Å². The molecule has 0 aliphatic carbocycles. The lowest BCUT2D eigenvalue weighted by molar-refractivity contribution is -0.173. The Morgan fingerprint density at radius 2 is 1.74 bits per heavy atom. The second-order valence-corrected chi connectivity index (χ2v) is 10.9. The van der Waals surface area contributed by atoms with Crippen LogP contribution in [0.2, 0.25) is 0 Å². The number of aryl methyl sites for hydroxylation is 2. The van der Waals surface area contributed by atoms with Crippen molar-refractivity contribution in [2.75, 3.05) is 6.54 Å². The van der Waals surface area contributed by atoms with Crippen molar-refractivity contribution in [2.24, 2.45) is 5.92 Å². The number of nitrogens with zero attached hydrogens (tertiary/aromatic N) is 2. The highest BCUT2D eigenvalue weighted by atomic mass is 19.4. The van der Waals surface area contributed by atoms with Gasteiger partial charge in [-0.2, -0.15) is 13.2 Å². The van der Waals surface area contributed by atoms with Crippen molar-refractivity contribution in [3.63, 3.8) is 0 Å². The van der Waals surface area contributed by atoms with E-state index in [1.54, 1.807) is 58.0 Å². The van der Waals surface area contributed by atoms with Crippen LogP contribution in [0.3, 0.4) is 0 Å². The van der Waals surface area contributed by atoms with Crippen LogP contribution in [-0.4, -0.2) is 64.4 Å². The van der Waals surface area contributed by atoms with Gasteiger partial charge >= 0.3 is 6.18 Å². The fraction of sp³-hybridized carbons (Fsp3) is 0.433. The normalized spacial score (nSPS) is 16.9. The van der Waals surface area contributed by atoms with E-state index >= 15 is 0 Å². The summed E-state index contributed by atoms with van der Waals surface area (Å²) in [5.41, 5.74) is 0.995. The summed E-state index contributed by atoms with van der Waals surface area (Å²) in [5.74, 6) is -4.14. The minimum Gasteiger partial charge on any atom is -0.361 e. The average molecular weight is 587 g/mol. The highest BCUT2D eigenvalue weighted by molar-refractivity contribution is 6.00. The maximum atomic E-state index is 13.6. The first-order valence-electron chi connectivity index (χ1n) is 13.7. The Balaban J connectivity index is 1.53. The monoisotopic (exact) mass is 586 g/mol. The molecular weight excluding hydrogens is 553 g/mol. The third-order valence-corrected chi connectivity index (χ3v) is 7.48. The molecule has 224 valence electrons. The highest BCUT2D eigenvalue weighted by Gasteiger charge is 2.46. The van der Waals surface area contributed by atoms with Crippen molar-refractivity contribution in [3.8, 4) is 0 Å². The Morgan fingerprint density at radius 1 is 1.05 bits per heavy atom. The molecule has 42 heavy (non-hydrogen) atoms. The first-order valence-corrected chi connectivity index (χ1v) is 13.7. The van der Waals surface area contributed by atoms with Crippen LogP contribution >= 0.6 is 0 Å². The van der Waals surface area contributed by atoms with Crippen molar-refractivity contribution >= 4 is 34.3 Å². The second-order valence-electron chi connectivity index (χ2n) is 10.9. The molecule has 3 atom stereocenters. The van der Waals surface area contributed by atoms with Crippen LogP contribution in [-0.2, 0) is 20.8 Å². The summed E-state index contributed by atoms with van der Waals surface area (Å²) in [4.78, 5) is 53.6. The number of amides is 3. The van der Waals surface area contributed by atoms with Gasteiger partial charge in [-0.25, -0.2) is 0 Å². The van der Waals surface area contributed by atoms with Crippen LogP contribution in [0.4, 0.5) is 13.2 Å². The molecule has 1 unspecified atom stereocenters. The molecular formula is C30H33F3N4O5. The lowest BCUT2D eigenvalue weighted by atomic mass is 9.98. The molecule has 0 bridgehead atoms. The van der Waals surface area contributed by atoms with Crippen molar-refractivity contribution in [2.45, 2.75) is 71.3 Å². The number of carbonyl (C=O) groups is 4. The van der Waals surface area contributed by atoms with Gasteiger partial charge < -0.3 is 20.1 Å². The number of fused-ring (bicyclic) bond motifs is 1. The molecule has 12 heteroatoms. The lowest BCUT2D eigenvalue weighted by Crippen LogP contribution is -2.57. The van der Waals surface area contributed by atoms with Crippen LogP contribution in [0.1, 0.15) is 54.1 Å². The van der Waals surface area contributed by atoms with E-state index < -0.39 is 47.8 Å². The van der Waals surface area contributed by atoms with Crippen molar-refractivity contribution in [1.29, 1.82) is 0 Å². The van der Waals surface area contributed by atoms with Gasteiger partial charge in [0.05, 0.1) is 5.69 Å². The molecule has 0 radical (unpaired) electrons. The maximum absolute atomic E-state index is 13.6. The summed E-state index contributed by atoms with van der Waals surface area (Å²) in [6, 6.07) is 8.31. The van der Waals surface area contributed by atoms with Gasteiger partial charge in [-0.3, -0.25) is 19.2 Å². The van der Waals surface area contributed by atoms with Gasteiger partial charge in [0.1, 0.15) is 29.4 Å². The fourth-order valence-electron chi connectivity index (χ4n) is 5.29. The number of rotatable bonds is 9. The SMILES string of the molecule is Cc1noc(C)c1C(=O)N[C@H](C(=O)N1CCC[C@H]1C(=O)NC(Cc1ccc2ccccc2c1)C(=O)C(F)(F)F)C(C)C. The summed E-state index contributed by atoms with van der Waals surface area (Å²) in [5, 5.41) is 10.4. The first-order chi connectivity index (χ1) is 19.8. The smallest absolute Gasteiger partial charge is 0.361 e. The Labute approximate surface area is 240 Å². The van der Waals surface area contributed by atoms with E-state index in [9.17, 15) is 32.3 Å². The summed E-state index contributed by atoms with van der Waals surface area (Å²) >= 11 is 0. The number of aromatic nitrogens is 1. The number of hydrogen-bond donors (Lipinski definition) is 2. The Kier molecular flexibility index (Phi) is 9.03. The van der Waals surface area contributed by atoms with Crippen LogP contribution in [0.15, 0.2) is 47.0 Å². The number of benzene rings is 2. The predicted octanol–water partition coefficient (Wildman–Crippen LogP) is 4.05. The third-order valence-electron chi connectivity index (χ3n) is 7.48. The number of alkyl halides is 3. The Morgan fingerprint density at radius 3 is 2.36 bits per heavy atom. The average Bonchev–Trinajstić information content (AvgIpc) is 3.56. The molecule has 2 heterocycles. The van der Waals surface area contributed by atoms with Gasteiger partial charge in [0.2, 0.25) is 11.8 Å². The molecule has 1 aromatic heterocycles. The summed E-state index contributed by atoms with van der Waals surface area (Å²) in [7, 11) is 0. The highest BCUT2D eigenvalue weighted by Crippen LogP contribution is 2.25. The summed E-state index contributed by atoms with van der Waals surface area (Å²) < 4.78 is 45.7. The number of ketones is 1. The second kappa shape index (κ2) is 12.3. The van der Waals surface area contributed by atoms with E-state index in [1.165, 1.54) is 4.90 Å². The lowest BCUT2D eigenvalue weighted by Gasteiger charge is -2.31. The van der Waals surface area contributed by atoms with E-state index in [1.807, 2.05) is 12.1 Å². The molecule has 4 rings (SSSR count). The molecule has 9 nitrogen and oxygen atoms in total. The Bertz CT molecular complexity index is 1480. The first kappa shape index (κ1) is 30.7. The largest absolute Gasteiger partial charge is 0.452 e. The topological polar surface area (TPSA) is 122 Å². The van der Waals surface area contributed by atoms with Crippen LogP contribution in [0.25, 0.3) is 10.8 Å². The van der Waals surface area contributed by atoms with Crippen LogP contribution in [0, 0.1) is 19.8 Å². The van der Waals surface area contributed by atoms with Crippen LogP contribution in [0.5, 0.6) is 0 Å². The van der Waals surface area contributed by atoms with E-state index in [4.69, 9.17) is 4.52 Å². The van der Waals surface area contributed by atoms with Gasteiger partial charge in [-0.15, -0.1) is 0 Å². The minimum atomic E-state index is -5.18. The Hall–Kier alpha value is -4.22. The van der Waals surface area contributed by atoms with E-state index in [0.717, 1.165) is 10.8 Å². The predicted molar refractivity (Wildman–Crippen MR) is 147 cm³/mol. The van der Waals surface area contributed by atoms with Crippen LogP contribution < -0.4 is 10.6 Å². The van der Waals surface area contributed by atoms with E-state index in [2.05, 4.69) is 15.8 Å². The standard InChI is InChI=1S/C30H33F3N4O5/c1-16(2)25(35-28(40)24-17(3)36-42-18(24)4)29(41)37-13-7-10-23(37)27(39)34-22(26(38)30(31,32)33)15-19-11-12-20-8-5-6-9-21(20)14-19/h5-6,8-9,11-12,14,16,22-23,25H,7,10,13,15H2,1-4H3,(H,34,39)(H,35,40)/t22?,23-,25-/m0/s1. The zero-order chi connectivity index (χ0) is 30.8. The number of carbonyl (C=O) groups excluding carboxylic acids is 4. The van der Waals surface area contributed by atoms with Crippen molar-refractivity contribution < 1.29 is 36.9 Å². The molecule has 3 aromatic rings. The molecule has 3 amide bonds. The molecule has 1 aliphatic rings. The summed E-state index contributed by atoms with van der Waals surface area (Å²) in [6.45, 7) is 6.78. The number of hydrogen-bond acceptors (Lipinski definition) is 6. The van der Waals surface area contributed by atoms with Gasteiger partial charge in [-0.05, 0) is 48.9 Å². The summed E-state index contributed by atoms with van der Waals surface area (Å²) in [6.07, 6.45) is -4.93. The zero-order valence-electron chi connectivity index (χ0n) is 23.7. The fourth-order valence-corrected chi connectivity index (χ4v) is 5.29. The molecule has 1 fully saturated rings. The van der Waals surface area contributed by atoms with Gasteiger partial charge in [0.25, 0.3) is 11.7 Å². The zero-order valence-corrected chi connectivity index (χ0v) is 23.7. The number of nitrogens with one attached hydrogen (secondary N) is 2. The van der Waals surface area contributed by atoms with Gasteiger partial charge in [-0.1, -0.05) is 61.5 Å². The van der Waals surface area contributed by atoms with Gasteiger partial charge in [0.15, 0.2) is 0 Å². The number of Topliss-reactive ketones (excluding diaryl/α,β-unsaturated/α-hetero) is 1.